The fraction of sp³-hybridized carbons (Fsp3) is 0.278. The summed E-state index contributed by atoms with van der Waals surface area (Å²) in [5, 5.41) is 0. The molecule has 0 bridgehead atoms. The van der Waals surface area contributed by atoms with Crippen molar-refractivity contribution in [3.05, 3.63) is 59.9 Å². The maximum atomic E-state index is 12.8. The van der Waals surface area contributed by atoms with Gasteiger partial charge in [0.25, 0.3) is 5.91 Å². The fourth-order valence-corrected chi connectivity index (χ4v) is 2.18. The number of carbonyl (C=O) groups excluding carboxylic acids is 2. The van der Waals surface area contributed by atoms with E-state index in [9.17, 15) is 9.59 Å². The van der Waals surface area contributed by atoms with Gasteiger partial charge in [-0.1, -0.05) is 6.07 Å². The van der Waals surface area contributed by atoms with Gasteiger partial charge in [-0.25, -0.2) is 0 Å². The summed E-state index contributed by atoms with van der Waals surface area (Å²) in [7, 11) is 2.90. The lowest BCUT2D eigenvalue weighted by Gasteiger charge is -2.22. The highest BCUT2D eigenvalue weighted by Crippen LogP contribution is 2.15. The van der Waals surface area contributed by atoms with Gasteiger partial charge in [0.1, 0.15) is 5.75 Å². The predicted octanol–water partition coefficient (Wildman–Crippen LogP) is 2.30. The van der Waals surface area contributed by atoms with Crippen LogP contribution in [-0.4, -0.2) is 42.5 Å². The number of amides is 1. The second-order valence-electron chi connectivity index (χ2n) is 5.10. The van der Waals surface area contributed by atoms with E-state index >= 15 is 0 Å². The number of nitrogens with zero attached hydrogens (tertiary/aromatic N) is 2. The molecule has 0 unspecified atom stereocenters. The molecule has 0 aliphatic rings. The normalized spacial score (nSPS) is 10.1. The predicted molar refractivity (Wildman–Crippen MR) is 88.6 cm³/mol. The Labute approximate surface area is 141 Å². The van der Waals surface area contributed by atoms with Gasteiger partial charge in [0.15, 0.2) is 0 Å². The van der Waals surface area contributed by atoms with Gasteiger partial charge in [-0.2, -0.15) is 0 Å². The van der Waals surface area contributed by atoms with Gasteiger partial charge in [0.05, 0.1) is 32.9 Å². The van der Waals surface area contributed by atoms with Crippen LogP contribution in [-0.2, 0) is 16.1 Å². The van der Waals surface area contributed by atoms with Crippen LogP contribution in [0.3, 0.4) is 0 Å². The van der Waals surface area contributed by atoms with E-state index in [2.05, 4.69) is 9.72 Å². The van der Waals surface area contributed by atoms with Gasteiger partial charge in [-0.15, -0.1) is 0 Å². The number of carbonyl (C=O) groups is 2. The summed E-state index contributed by atoms with van der Waals surface area (Å²) >= 11 is 0. The summed E-state index contributed by atoms with van der Waals surface area (Å²) in [6.07, 6.45) is 1.80. The number of methoxy groups -OCH3 is 2. The van der Waals surface area contributed by atoms with Crippen LogP contribution in [0.4, 0.5) is 0 Å². The first-order valence-corrected chi connectivity index (χ1v) is 7.54. The van der Waals surface area contributed by atoms with Crippen LogP contribution in [0, 0.1) is 0 Å². The Morgan fingerprint density at radius 1 is 1.08 bits per heavy atom. The third-order valence-corrected chi connectivity index (χ3v) is 3.52. The molecule has 0 aliphatic heterocycles. The van der Waals surface area contributed by atoms with Crippen molar-refractivity contribution in [2.45, 2.75) is 13.0 Å². The van der Waals surface area contributed by atoms with Crippen molar-refractivity contribution in [2.24, 2.45) is 0 Å². The molecule has 1 aromatic carbocycles. The van der Waals surface area contributed by atoms with E-state index in [4.69, 9.17) is 4.74 Å². The van der Waals surface area contributed by atoms with Crippen LogP contribution in [0.5, 0.6) is 5.75 Å². The van der Waals surface area contributed by atoms with Gasteiger partial charge in [0.2, 0.25) is 0 Å². The Bertz CT molecular complexity index is 671. The molecule has 0 saturated heterocycles. The van der Waals surface area contributed by atoms with E-state index in [1.807, 2.05) is 18.2 Å². The molecule has 24 heavy (non-hydrogen) atoms. The van der Waals surface area contributed by atoms with Crippen molar-refractivity contribution < 1.29 is 19.1 Å². The number of pyridine rings is 1. The Kier molecular flexibility index (Phi) is 6.31. The molecular weight excluding hydrogens is 308 g/mol. The molecule has 6 heteroatoms. The molecule has 126 valence electrons. The van der Waals surface area contributed by atoms with Crippen molar-refractivity contribution in [1.82, 2.24) is 9.88 Å². The van der Waals surface area contributed by atoms with E-state index in [-0.39, 0.29) is 24.8 Å². The van der Waals surface area contributed by atoms with Crippen LogP contribution in [0.2, 0.25) is 0 Å². The largest absolute Gasteiger partial charge is 0.497 e. The van der Waals surface area contributed by atoms with Gasteiger partial charge >= 0.3 is 5.97 Å². The first-order chi connectivity index (χ1) is 11.6. The first-order valence-electron chi connectivity index (χ1n) is 7.54. The van der Waals surface area contributed by atoms with Crippen molar-refractivity contribution in [3.8, 4) is 5.75 Å². The number of benzene rings is 1. The molecule has 2 rings (SSSR count). The minimum absolute atomic E-state index is 0.130. The van der Waals surface area contributed by atoms with E-state index in [0.717, 1.165) is 5.69 Å². The minimum Gasteiger partial charge on any atom is -0.497 e. The number of hydrogen-bond acceptors (Lipinski definition) is 5. The Morgan fingerprint density at radius 3 is 2.42 bits per heavy atom. The maximum absolute atomic E-state index is 12.8. The molecular formula is C18H20N2O4. The highest BCUT2D eigenvalue weighted by atomic mass is 16.5. The molecule has 1 amide bonds. The number of ether oxygens (including phenoxy) is 2. The molecule has 0 aliphatic carbocycles. The fourth-order valence-electron chi connectivity index (χ4n) is 2.18. The molecule has 1 aromatic heterocycles. The summed E-state index contributed by atoms with van der Waals surface area (Å²) in [5.41, 5.74) is 1.28. The summed E-state index contributed by atoms with van der Waals surface area (Å²) in [4.78, 5) is 30.0. The topological polar surface area (TPSA) is 68.7 Å². The highest BCUT2D eigenvalue weighted by molar-refractivity contribution is 5.94. The molecule has 0 radical (unpaired) electrons. The molecule has 0 saturated carbocycles. The lowest BCUT2D eigenvalue weighted by Crippen LogP contribution is -2.33. The number of rotatable bonds is 7. The third kappa shape index (κ3) is 4.81. The minimum atomic E-state index is -0.358. The number of esters is 1. The third-order valence-electron chi connectivity index (χ3n) is 3.52. The van der Waals surface area contributed by atoms with E-state index in [1.165, 1.54) is 7.11 Å². The van der Waals surface area contributed by atoms with Gasteiger partial charge in [-0.3, -0.25) is 14.6 Å². The Morgan fingerprint density at radius 2 is 1.83 bits per heavy atom. The second-order valence-corrected chi connectivity index (χ2v) is 5.10. The van der Waals surface area contributed by atoms with Crippen molar-refractivity contribution in [3.63, 3.8) is 0 Å². The van der Waals surface area contributed by atoms with Crippen molar-refractivity contribution >= 4 is 11.9 Å². The summed E-state index contributed by atoms with van der Waals surface area (Å²) in [5.74, 6) is 0.146. The van der Waals surface area contributed by atoms with E-state index in [0.29, 0.717) is 17.9 Å². The van der Waals surface area contributed by atoms with Crippen LogP contribution in [0.25, 0.3) is 0 Å². The molecule has 0 spiro atoms. The van der Waals surface area contributed by atoms with Gasteiger partial charge in [0, 0.05) is 18.3 Å². The van der Waals surface area contributed by atoms with Crippen molar-refractivity contribution in [1.29, 1.82) is 0 Å². The van der Waals surface area contributed by atoms with Gasteiger partial charge < -0.3 is 14.4 Å². The average Bonchev–Trinajstić information content (AvgIpc) is 2.65. The lowest BCUT2D eigenvalue weighted by atomic mass is 10.1. The smallest absolute Gasteiger partial charge is 0.307 e. The summed E-state index contributed by atoms with van der Waals surface area (Å²) in [6, 6.07) is 12.4. The molecule has 0 fully saturated rings. The highest BCUT2D eigenvalue weighted by Gasteiger charge is 2.18. The molecule has 0 atom stereocenters. The molecule has 0 N–H and O–H groups in total. The Balaban J connectivity index is 2.15. The van der Waals surface area contributed by atoms with E-state index < -0.39 is 0 Å². The van der Waals surface area contributed by atoms with Crippen LogP contribution in [0.15, 0.2) is 48.7 Å². The lowest BCUT2D eigenvalue weighted by molar-refractivity contribution is -0.140. The molecule has 6 nitrogen and oxygen atoms in total. The zero-order valence-electron chi connectivity index (χ0n) is 13.8. The van der Waals surface area contributed by atoms with Crippen molar-refractivity contribution in [2.75, 3.05) is 20.8 Å². The van der Waals surface area contributed by atoms with E-state index in [1.54, 1.807) is 42.5 Å². The standard InChI is InChI=1S/C18H20N2O4/c1-23-16-8-6-14(7-9-16)18(22)20(12-10-17(21)24-2)13-15-5-3-4-11-19-15/h3-9,11H,10,12-13H2,1-2H3. The molecule has 2 aromatic rings. The summed E-state index contributed by atoms with van der Waals surface area (Å²) < 4.78 is 9.76. The SMILES string of the molecule is COC(=O)CCN(Cc1ccccn1)C(=O)c1ccc(OC)cc1. The van der Waals surface area contributed by atoms with Crippen LogP contribution < -0.4 is 4.74 Å². The quantitative estimate of drug-likeness (QED) is 0.730. The average molecular weight is 328 g/mol. The first kappa shape index (κ1) is 17.5. The second kappa shape index (κ2) is 8.67. The molecule has 1 heterocycles. The van der Waals surface area contributed by atoms with Crippen LogP contribution >= 0.6 is 0 Å². The number of hydrogen-bond donors (Lipinski definition) is 0. The Hall–Kier alpha value is -2.89. The van der Waals surface area contributed by atoms with Gasteiger partial charge in [-0.05, 0) is 36.4 Å². The number of aromatic nitrogens is 1. The monoisotopic (exact) mass is 328 g/mol. The zero-order chi connectivity index (χ0) is 17.4. The van der Waals surface area contributed by atoms with Crippen LogP contribution in [0.1, 0.15) is 22.5 Å². The zero-order valence-corrected chi connectivity index (χ0v) is 13.8. The summed E-state index contributed by atoms with van der Waals surface area (Å²) in [6.45, 7) is 0.580. The maximum Gasteiger partial charge on any atom is 0.307 e.